The molecule has 0 spiro atoms. The summed E-state index contributed by atoms with van der Waals surface area (Å²) in [6.45, 7) is 4.42. The highest BCUT2D eigenvalue weighted by atomic mass is 32.2. The monoisotopic (exact) mass is 353 g/mol. The van der Waals surface area contributed by atoms with Crippen LogP contribution in [-0.4, -0.2) is 37.3 Å². The molecule has 1 aliphatic rings. The van der Waals surface area contributed by atoms with Crippen LogP contribution in [-0.2, 0) is 5.60 Å². The third-order valence-electron chi connectivity index (χ3n) is 4.20. The quantitative estimate of drug-likeness (QED) is 0.753. The lowest BCUT2D eigenvalue weighted by molar-refractivity contribution is 0.0782. The van der Waals surface area contributed by atoms with Gasteiger partial charge in [0.15, 0.2) is 0 Å². The summed E-state index contributed by atoms with van der Waals surface area (Å²) in [6, 6.07) is 4.00. The number of anilines is 1. The average Bonchev–Trinajstić information content (AvgIpc) is 3.10. The topological polar surface area (TPSA) is 77.9 Å². The van der Waals surface area contributed by atoms with Crippen molar-refractivity contribution in [2.75, 3.05) is 17.2 Å². The molecule has 25 heavy (non-hydrogen) atoms. The van der Waals surface area contributed by atoms with Crippen LogP contribution in [0.2, 0.25) is 0 Å². The molecule has 0 aromatic carbocycles. The summed E-state index contributed by atoms with van der Waals surface area (Å²) < 4.78 is 0. The summed E-state index contributed by atoms with van der Waals surface area (Å²) >= 11 is 1.79. The van der Waals surface area contributed by atoms with E-state index in [1.807, 2.05) is 24.5 Å². The van der Waals surface area contributed by atoms with Crippen LogP contribution in [0.15, 0.2) is 43.3 Å². The molecule has 3 aromatic heterocycles. The molecule has 4 rings (SSSR count). The van der Waals surface area contributed by atoms with Crippen molar-refractivity contribution in [2.45, 2.75) is 19.4 Å². The summed E-state index contributed by atoms with van der Waals surface area (Å²) in [5.41, 5.74) is 1.74. The summed E-state index contributed by atoms with van der Waals surface area (Å²) in [7, 11) is 0. The molecule has 0 atom stereocenters. The summed E-state index contributed by atoms with van der Waals surface area (Å²) in [6.07, 6.45) is 9.11. The lowest BCUT2D eigenvalue weighted by Crippen LogP contribution is -2.24. The van der Waals surface area contributed by atoms with Crippen LogP contribution in [0.25, 0.3) is 15.9 Å². The zero-order chi connectivity index (χ0) is 17.4. The van der Waals surface area contributed by atoms with Crippen LogP contribution in [0, 0.1) is 0 Å². The van der Waals surface area contributed by atoms with Crippen molar-refractivity contribution in [3.8, 4) is 0 Å². The van der Waals surface area contributed by atoms with Crippen molar-refractivity contribution in [2.24, 2.45) is 0 Å². The first-order valence-corrected chi connectivity index (χ1v) is 9.08. The van der Waals surface area contributed by atoms with Gasteiger partial charge in [-0.2, -0.15) is 0 Å². The minimum atomic E-state index is -0.910. The third-order valence-corrected chi connectivity index (χ3v) is 5.24. The van der Waals surface area contributed by atoms with E-state index >= 15 is 0 Å². The molecule has 0 bridgehead atoms. The first-order chi connectivity index (χ1) is 12.0. The highest BCUT2D eigenvalue weighted by molar-refractivity contribution is 8.08. The summed E-state index contributed by atoms with van der Waals surface area (Å²) in [5, 5.41) is 11.2. The van der Waals surface area contributed by atoms with Crippen LogP contribution >= 0.6 is 11.8 Å². The van der Waals surface area contributed by atoms with Gasteiger partial charge in [-0.25, -0.2) is 9.97 Å². The van der Waals surface area contributed by atoms with Crippen molar-refractivity contribution >= 4 is 33.5 Å². The second kappa shape index (κ2) is 6.16. The van der Waals surface area contributed by atoms with Gasteiger partial charge in [0.2, 0.25) is 0 Å². The Morgan fingerprint density at radius 1 is 1.28 bits per heavy atom. The van der Waals surface area contributed by atoms with Gasteiger partial charge in [0.25, 0.3) is 0 Å². The maximum absolute atomic E-state index is 10.2. The van der Waals surface area contributed by atoms with Gasteiger partial charge in [-0.15, -0.1) is 11.8 Å². The Kier molecular flexibility index (Phi) is 3.97. The second-order valence-corrected chi connectivity index (χ2v) is 7.63. The molecule has 0 aliphatic carbocycles. The number of thioether (sulfide) groups is 1. The number of rotatable bonds is 3. The molecule has 4 heterocycles. The van der Waals surface area contributed by atoms with E-state index in [2.05, 4.69) is 31.0 Å². The Morgan fingerprint density at radius 3 is 3.00 bits per heavy atom. The van der Waals surface area contributed by atoms with Gasteiger partial charge in [0.05, 0.1) is 11.0 Å². The molecule has 0 amide bonds. The molecular formula is C18H19N5OS. The fourth-order valence-corrected chi connectivity index (χ4v) is 3.81. The van der Waals surface area contributed by atoms with Crippen molar-refractivity contribution in [1.29, 1.82) is 0 Å². The molecule has 0 radical (unpaired) electrons. The van der Waals surface area contributed by atoms with E-state index in [9.17, 15) is 5.11 Å². The smallest absolute Gasteiger partial charge is 0.145 e. The molecule has 7 heteroatoms. The SMILES string of the molecule is CC(C)(O)c1cncc(C2=CN(c3ncnc4[nH]ccc34)CCS2)c1. The van der Waals surface area contributed by atoms with E-state index in [0.717, 1.165) is 45.2 Å². The van der Waals surface area contributed by atoms with Gasteiger partial charge in [-0.1, -0.05) is 0 Å². The number of nitrogens with one attached hydrogen (secondary N) is 1. The Bertz CT molecular complexity index is 944. The van der Waals surface area contributed by atoms with Crippen molar-refractivity contribution in [1.82, 2.24) is 19.9 Å². The number of nitrogens with zero attached hydrogens (tertiary/aromatic N) is 4. The second-order valence-electron chi connectivity index (χ2n) is 6.49. The molecule has 1 aliphatic heterocycles. The predicted octanol–water partition coefficient (Wildman–Crippen LogP) is 3.13. The van der Waals surface area contributed by atoms with Crippen LogP contribution in [0.1, 0.15) is 25.0 Å². The van der Waals surface area contributed by atoms with Gasteiger partial charge >= 0.3 is 0 Å². The molecular weight excluding hydrogens is 334 g/mol. The van der Waals surface area contributed by atoms with Crippen molar-refractivity contribution < 1.29 is 5.11 Å². The van der Waals surface area contributed by atoms with E-state index < -0.39 is 5.60 Å². The molecule has 128 valence electrons. The largest absolute Gasteiger partial charge is 0.386 e. The highest BCUT2D eigenvalue weighted by Gasteiger charge is 2.20. The zero-order valence-electron chi connectivity index (χ0n) is 14.1. The van der Waals surface area contributed by atoms with Crippen LogP contribution in [0.3, 0.4) is 0 Å². The first kappa shape index (κ1) is 16.1. The molecule has 6 nitrogen and oxygen atoms in total. The van der Waals surface area contributed by atoms with E-state index in [4.69, 9.17) is 0 Å². The molecule has 0 unspecified atom stereocenters. The lowest BCUT2D eigenvalue weighted by Gasteiger charge is -2.26. The molecule has 2 N–H and O–H groups in total. The molecule has 0 fully saturated rings. The van der Waals surface area contributed by atoms with Gasteiger partial charge in [-0.3, -0.25) is 4.98 Å². The summed E-state index contributed by atoms with van der Waals surface area (Å²) in [4.78, 5) is 19.4. The molecule has 0 saturated carbocycles. The Balaban J connectivity index is 1.73. The number of fused-ring (bicyclic) bond motifs is 1. The van der Waals surface area contributed by atoms with Gasteiger partial charge < -0.3 is 15.0 Å². The molecule has 0 saturated heterocycles. The lowest BCUT2D eigenvalue weighted by atomic mass is 9.99. The van der Waals surface area contributed by atoms with E-state index in [1.165, 1.54) is 0 Å². The fraction of sp³-hybridized carbons (Fsp3) is 0.278. The number of aromatic nitrogens is 4. The average molecular weight is 353 g/mol. The zero-order valence-corrected chi connectivity index (χ0v) is 14.9. The minimum absolute atomic E-state index is 0.804. The number of H-pyrrole nitrogens is 1. The van der Waals surface area contributed by atoms with Gasteiger partial charge in [-0.05, 0) is 26.0 Å². The minimum Gasteiger partial charge on any atom is -0.386 e. The van der Waals surface area contributed by atoms with Crippen LogP contribution < -0.4 is 4.90 Å². The van der Waals surface area contributed by atoms with Gasteiger partial charge in [0, 0.05) is 53.1 Å². The Hall–Kier alpha value is -2.38. The van der Waals surface area contributed by atoms with Crippen LogP contribution in [0.5, 0.6) is 0 Å². The number of pyridine rings is 1. The summed E-state index contributed by atoms with van der Waals surface area (Å²) in [5.74, 6) is 1.85. The maximum Gasteiger partial charge on any atom is 0.145 e. The highest BCUT2D eigenvalue weighted by Crippen LogP contribution is 2.35. The number of hydrogen-bond donors (Lipinski definition) is 2. The first-order valence-electron chi connectivity index (χ1n) is 8.10. The number of aliphatic hydroxyl groups is 1. The standard InChI is InChI=1S/C18H19N5OS/c1-18(2,24)13-7-12(8-19-9-13)15-10-23(5-6-25-15)17-14-3-4-20-16(14)21-11-22-17/h3-4,7-11,24H,5-6H2,1-2H3,(H,20,21,22). The maximum atomic E-state index is 10.2. The Morgan fingerprint density at radius 2 is 2.16 bits per heavy atom. The van der Waals surface area contributed by atoms with E-state index in [0.29, 0.717) is 0 Å². The van der Waals surface area contributed by atoms with E-state index in [1.54, 1.807) is 38.1 Å². The van der Waals surface area contributed by atoms with E-state index in [-0.39, 0.29) is 0 Å². The van der Waals surface area contributed by atoms with Crippen LogP contribution in [0.4, 0.5) is 5.82 Å². The third kappa shape index (κ3) is 3.12. The van der Waals surface area contributed by atoms with Gasteiger partial charge in [0.1, 0.15) is 17.8 Å². The fourth-order valence-electron chi connectivity index (χ4n) is 2.82. The Labute approximate surface area is 150 Å². The molecule has 3 aromatic rings. The predicted molar refractivity (Wildman–Crippen MR) is 101 cm³/mol. The number of hydrogen-bond acceptors (Lipinski definition) is 6. The van der Waals surface area contributed by atoms with Crippen molar-refractivity contribution in [3.63, 3.8) is 0 Å². The number of aromatic amines is 1. The normalized spacial score (nSPS) is 15.5. The van der Waals surface area contributed by atoms with Crippen molar-refractivity contribution in [3.05, 3.63) is 54.4 Å².